The number of nitrogens with zero attached hydrogens (tertiary/aromatic N) is 4. The molecule has 0 radical (unpaired) electrons. The number of allylic oxidation sites excluding steroid dienone is 4. The number of esters is 4. The Labute approximate surface area is 472 Å². The summed E-state index contributed by atoms with van der Waals surface area (Å²) in [5, 5.41) is 6.85. The molecular weight excluding hydrogens is 981 g/mol. The summed E-state index contributed by atoms with van der Waals surface area (Å²) in [4.78, 5) is 68.7. The molecule has 442 valence electrons. The first-order chi connectivity index (χ1) is 35.5. The maximum Gasteiger partial charge on any atom is 0.336 e. The number of likely N-dealkylation sites (tertiary alicyclic amines) is 4. The van der Waals surface area contributed by atoms with Crippen molar-refractivity contribution in [3.63, 3.8) is 0 Å². The van der Waals surface area contributed by atoms with Crippen LogP contribution in [0.3, 0.4) is 0 Å². The van der Waals surface area contributed by atoms with Crippen LogP contribution >= 0.6 is 0 Å². The third-order valence-corrected chi connectivity index (χ3v) is 20.6. The van der Waals surface area contributed by atoms with Gasteiger partial charge in [0.2, 0.25) is 0 Å². The van der Waals surface area contributed by atoms with Gasteiger partial charge < -0.3 is 29.6 Å². The van der Waals surface area contributed by atoms with Crippen LogP contribution in [0.5, 0.6) is 0 Å². The summed E-state index contributed by atoms with van der Waals surface area (Å²) in [6.45, 7) is 42.8. The molecule has 0 aliphatic carbocycles. The minimum Gasteiger partial charge on any atom is -0.459 e. The first kappa shape index (κ1) is 63.5. The molecule has 4 fully saturated rings. The fraction of sp³-hybridized carbons (Fsp3) is 0.812. The summed E-state index contributed by atoms with van der Waals surface area (Å²) in [5.41, 5.74) is 3.20. The number of ether oxygens (including phenoxy) is 4. The lowest BCUT2D eigenvalue weighted by atomic mass is 9.78. The summed E-state index contributed by atoms with van der Waals surface area (Å²) in [6, 6.07) is 0. The molecule has 6 aliphatic rings. The van der Waals surface area contributed by atoms with Crippen LogP contribution in [0.2, 0.25) is 0 Å². The molecule has 6 rings (SSSR count). The number of carbonyl (C=O) groups is 4. The van der Waals surface area contributed by atoms with Gasteiger partial charge in [-0.05, 0) is 180 Å². The molecule has 78 heavy (non-hydrogen) atoms. The minimum absolute atomic E-state index is 0.192. The number of dihydropyridines is 2. The maximum atomic E-state index is 14.8. The molecule has 0 aromatic rings. The predicted octanol–water partition coefficient (Wildman–Crippen LogP) is 11.6. The molecule has 2 N–H and O–H groups in total. The van der Waals surface area contributed by atoms with Gasteiger partial charge in [0, 0.05) is 130 Å². The Kier molecular flexibility index (Phi) is 18.4. The molecule has 0 bridgehead atoms. The third-order valence-electron chi connectivity index (χ3n) is 20.6. The van der Waals surface area contributed by atoms with E-state index in [0.29, 0.717) is 122 Å². The Balaban J connectivity index is 1.24. The smallest absolute Gasteiger partial charge is 0.336 e. The molecule has 0 saturated carbocycles. The summed E-state index contributed by atoms with van der Waals surface area (Å²) in [5.74, 6) is -2.64. The zero-order valence-electron chi connectivity index (χ0n) is 53.4. The average Bonchev–Trinajstić information content (AvgIpc) is 3.25. The highest BCUT2D eigenvalue weighted by Crippen LogP contribution is 2.45. The highest BCUT2D eigenvalue weighted by molar-refractivity contribution is 5.99. The molecule has 0 amide bonds. The lowest BCUT2D eigenvalue weighted by Gasteiger charge is -2.53. The van der Waals surface area contributed by atoms with Gasteiger partial charge in [0.25, 0.3) is 0 Å². The monoisotopic (exact) mass is 1090 g/mol. The molecule has 14 heteroatoms. The molecular formula is C64H108N6O8. The lowest BCUT2D eigenvalue weighted by molar-refractivity contribution is -0.158. The van der Waals surface area contributed by atoms with Gasteiger partial charge in [-0.1, -0.05) is 25.7 Å². The van der Waals surface area contributed by atoms with Crippen LogP contribution in [0.4, 0.5) is 0 Å². The van der Waals surface area contributed by atoms with Gasteiger partial charge in [-0.25, -0.2) is 19.2 Å². The Morgan fingerprint density at radius 2 is 0.513 bits per heavy atom. The van der Waals surface area contributed by atoms with E-state index in [4.69, 9.17) is 18.9 Å². The predicted molar refractivity (Wildman–Crippen MR) is 312 cm³/mol. The highest BCUT2D eigenvalue weighted by atomic mass is 16.6. The number of hydrogen-bond donors (Lipinski definition) is 2. The van der Waals surface area contributed by atoms with Crippen molar-refractivity contribution >= 4 is 23.9 Å². The number of rotatable bonds is 15. The lowest BCUT2D eigenvalue weighted by Crippen LogP contribution is -2.60. The zero-order chi connectivity index (χ0) is 58.8. The number of unbranched alkanes of at least 4 members (excludes halogenated alkanes) is 3. The number of piperidine rings is 4. The second-order valence-corrected chi connectivity index (χ2v) is 30.0. The quantitative estimate of drug-likeness (QED) is 0.0912. The SMILES string of the molecule is CC1=C(C(=O)OC2CC(C)(C)N(C)C(C)(C)C2)C(CCCCCCC2C(C(=O)OC3CC(C)(C)N(C)C(C)(C)C3)=C(C)NC(C)=C2C(=O)OC2CC(C)(C)N(C)C(C)(C)C2)C(C(=O)OC2CC(C)(C)N(C)C(C)(C)C2)=C(C)N1. The Hall–Kier alpha value is -3.72. The van der Waals surface area contributed by atoms with E-state index in [2.05, 4.69) is 169 Å². The second kappa shape index (κ2) is 22.6. The van der Waals surface area contributed by atoms with Gasteiger partial charge >= 0.3 is 23.9 Å². The summed E-state index contributed by atoms with van der Waals surface area (Å²) in [7, 11) is 8.56. The van der Waals surface area contributed by atoms with E-state index >= 15 is 0 Å². The van der Waals surface area contributed by atoms with Crippen molar-refractivity contribution in [2.45, 2.75) is 297 Å². The molecule has 14 nitrogen and oxygen atoms in total. The van der Waals surface area contributed by atoms with Crippen LogP contribution in [0.25, 0.3) is 0 Å². The van der Waals surface area contributed by atoms with Gasteiger partial charge in [0.1, 0.15) is 24.4 Å². The molecule has 0 atom stereocenters. The van der Waals surface area contributed by atoms with Crippen LogP contribution in [-0.2, 0) is 38.1 Å². The van der Waals surface area contributed by atoms with Crippen molar-refractivity contribution in [1.29, 1.82) is 0 Å². The average molecular weight is 1090 g/mol. The second-order valence-electron chi connectivity index (χ2n) is 30.0. The summed E-state index contributed by atoms with van der Waals surface area (Å²) < 4.78 is 26.1. The third kappa shape index (κ3) is 13.4. The largest absolute Gasteiger partial charge is 0.459 e. The van der Waals surface area contributed by atoms with Crippen LogP contribution < -0.4 is 10.6 Å². The van der Waals surface area contributed by atoms with Crippen LogP contribution in [-0.4, -0.2) is 140 Å². The zero-order valence-corrected chi connectivity index (χ0v) is 53.4. The number of hydrogen-bond acceptors (Lipinski definition) is 14. The van der Waals surface area contributed by atoms with Gasteiger partial charge in [-0.2, -0.15) is 0 Å². The van der Waals surface area contributed by atoms with Crippen LogP contribution in [0, 0.1) is 11.8 Å². The van der Waals surface area contributed by atoms with Gasteiger partial charge in [-0.15, -0.1) is 0 Å². The first-order valence-electron chi connectivity index (χ1n) is 29.7. The van der Waals surface area contributed by atoms with Gasteiger partial charge in [0.05, 0.1) is 22.3 Å². The van der Waals surface area contributed by atoms with Crippen molar-refractivity contribution in [2.75, 3.05) is 28.2 Å². The minimum atomic E-state index is -0.543. The van der Waals surface area contributed by atoms with E-state index in [1.165, 1.54) is 0 Å². The molecule has 4 saturated heterocycles. The summed E-state index contributed by atoms with van der Waals surface area (Å²) in [6.07, 6.45) is 8.41. The number of carbonyl (C=O) groups excluding carboxylic acids is 4. The Morgan fingerprint density at radius 1 is 0.346 bits per heavy atom. The van der Waals surface area contributed by atoms with Crippen molar-refractivity contribution in [3.05, 3.63) is 45.1 Å². The fourth-order valence-corrected chi connectivity index (χ4v) is 15.3. The van der Waals surface area contributed by atoms with E-state index in [1.807, 2.05) is 27.7 Å². The van der Waals surface area contributed by atoms with Crippen molar-refractivity contribution in [2.24, 2.45) is 11.8 Å². The highest BCUT2D eigenvalue weighted by Gasteiger charge is 2.50. The van der Waals surface area contributed by atoms with Crippen molar-refractivity contribution in [1.82, 2.24) is 30.2 Å². The van der Waals surface area contributed by atoms with Crippen LogP contribution in [0.15, 0.2) is 45.1 Å². The Bertz CT molecular complexity index is 2040. The summed E-state index contributed by atoms with van der Waals surface area (Å²) >= 11 is 0. The molecule has 0 aromatic carbocycles. The first-order valence-corrected chi connectivity index (χ1v) is 29.7. The van der Waals surface area contributed by atoms with Gasteiger partial charge in [-0.3, -0.25) is 19.6 Å². The molecule has 0 aromatic heterocycles. The van der Waals surface area contributed by atoms with Crippen LogP contribution in [0.1, 0.15) is 228 Å². The van der Waals surface area contributed by atoms with E-state index < -0.39 is 11.8 Å². The molecule has 6 aliphatic heterocycles. The molecule has 0 unspecified atom stereocenters. The topological polar surface area (TPSA) is 142 Å². The Morgan fingerprint density at radius 3 is 0.679 bits per heavy atom. The fourth-order valence-electron chi connectivity index (χ4n) is 15.3. The standard InChI is InChI=1S/C64H108N6O8/c1-39-49(53(71)75-43-31-57(5,6)67(21)58(7,8)32-43)47(50(40(2)65-39)54(72)76-44-33-59(9,10)68(22)60(11,12)34-44)29-27-25-26-28-30-48-51(55(73)77-45-35-61(13,14)69(23)62(15,16)36-45)41(3)66-42(4)52(48)56(74)78-46-37-63(17,18)70(24)64(19,20)38-46/h43-48,65-66H,25-38H2,1-24H3. The van der Waals surface area contributed by atoms with E-state index in [0.717, 1.165) is 12.8 Å². The number of nitrogens with one attached hydrogen (secondary N) is 2. The van der Waals surface area contributed by atoms with E-state index in [1.54, 1.807) is 0 Å². The van der Waals surface area contributed by atoms with Crippen molar-refractivity contribution in [3.8, 4) is 0 Å². The van der Waals surface area contributed by atoms with Gasteiger partial charge in [0.15, 0.2) is 0 Å². The molecule has 0 spiro atoms. The normalized spacial score (nSPS) is 26.6. The maximum absolute atomic E-state index is 14.8. The van der Waals surface area contributed by atoms with E-state index in [9.17, 15) is 19.2 Å². The van der Waals surface area contributed by atoms with E-state index in [-0.39, 0.29) is 92.6 Å². The van der Waals surface area contributed by atoms with Crippen molar-refractivity contribution < 1.29 is 38.1 Å². The molecule has 6 heterocycles.